The average Bonchev–Trinajstić information content (AvgIpc) is 2.80. The Hall–Kier alpha value is -2.64. The van der Waals surface area contributed by atoms with Crippen LogP contribution in [-0.4, -0.2) is 81.2 Å². The molecular formula is C24H32FN5O. The number of hydrogen-bond acceptors (Lipinski definition) is 5. The molecule has 2 saturated heterocycles. The van der Waals surface area contributed by atoms with Crippen LogP contribution in [0.3, 0.4) is 0 Å². The van der Waals surface area contributed by atoms with Crippen LogP contribution in [0.5, 0.6) is 0 Å². The van der Waals surface area contributed by atoms with Gasteiger partial charge in [0.1, 0.15) is 5.82 Å². The van der Waals surface area contributed by atoms with E-state index in [2.05, 4.69) is 44.0 Å². The molecule has 0 aromatic heterocycles. The molecule has 0 bridgehead atoms. The average molecular weight is 426 g/mol. The van der Waals surface area contributed by atoms with Gasteiger partial charge in [-0.05, 0) is 36.9 Å². The first-order valence-corrected chi connectivity index (χ1v) is 11.2. The van der Waals surface area contributed by atoms with Crippen LogP contribution in [0.1, 0.15) is 6.92 Å². The zero-order valence-electron chi connectivity index (χ0n) is 18.3. The summed E-state index contributed by atoms with van der Waals surface area (Å²) in [5.41, 5.74) is 2.32. The third-order valence-corrected chi connectivity index (χ3v) is 6.25. The normalized spacial score (nSPS) is 18.3. The molecule has 6 nitrogen and oxygen atoms in total. The number of halogens is 1. The maximum absolute atomic E-state index is 14.8. The van der Waals surface area contributed by atoms with Crippen molar-refractivity contribution in [2.24, 2.45) is 0 Å². The first-order valence-electron chi connectivity index (χ1n) is 11.2. The lowest BCUT2D eigenvalue weighted by Gasteiger charge is -2.37. The second-order valence-corrected chi connectivity index (χ2v) is 8.23. The SMILES string of the molecule is CCN1CCN(CC(=O)Nc2ccc(N3CCN(c4ccccc4)CC3)c(F)c2)CC1. The van der Waals surface area contributed by atoms with Crippen LogP contribution < -0.4 is 15.1 Å². The van der Waals surface area contributed by atoms with Crippen LogP contribution >= 0.6 is 0 Å². The molecule has 0 radical (unpaired) electrons. The maximum atomic E-state index is 14.8. The molecule has 2 aliphatic heterocycles. The highest BCUT2D eigenvalue weighted by atomic mass is 19.1. The highest BCUT2D eigenvalue weighted by Gasteiger charge is 2.21. The summed E-state index contributed by atoms with van der Waals surface area (Å²) in [6, 6.07) is 15.3. The standard InChI is InChI=1S/C24H32FN5O/c1-2-27-10-12-28(13-11-27)19-24(31)26-20-8-9-23(22(25)18-20)30-16-14-29(15-17-30)21-6-4-3-5-7-21/h3-9,18H,2,10-17,19H2,1H3,(H,26,31). The van der Waals surface area contributed by atoms with E-state index in [4.69, 9.17) is 0 Å². The number of nitrogens with zero attached hydrogens (tertiary/aromatic N) is 4. The zero-order chi connectivity index (χ0) is 21.6. The summed E-state index contributed by atoms with van der Waals surface area (Å²) >= 11 is 0. The van der Waals surface area contributed by atoms with Crippen LogP contribution in [0.4, 0.5) is 21.5 Å². The van der Waals surface area contributed by atoms with Gasteiger partial charge in [0, 0.05) is 63.7 Å². The van der Waals surface area contributed by atoms with E-state index in [9.17, 15) is 9.18 Å². The fourth-order valence-corrected chi connectivity index (χ4v) is 4.35. The van der Waals surface area contributed by atoms with Gasteiger partial charge in [-0.2, -0.15) is 0 Å². The van der Waals surface area contributed by atoms with Crippen molar-refractivity contribution in [3.8, 4) is 0 Å². The second-order valence-electron chi connectivity index (χ2n) is 8.23. The molecule has 0 spiro atoms. The fourth-order valence-electron chi connectivity index (χ4n) is 4.35. The van der Waals surface area contributed by atoms with E-state index in [0.717, 1.165) is 58.9 Å². The topological polar surface area (TPSA) is 42.1 Å². The predicted molar refractivity (Wildman–Crippen MR) is 124 cm³/mol. The van der Waals surface area contributed by atoms with Gasteiger partial charge in [0.15, 0.2) is 0 Å². The smallest absolute Gasteiger partial charge is 0.238 e. The molecule has 166 valence electrons. The fraction of sp³-hybridized carbons (Fsp3) is 0.458. The highest BCUT2D eigenvalue weighted by molar-refractivity contribution is 5.92. The van der Waals surface area contributed by atoms with Gasteiger partial charge in [0.05, 0.1) is 12.2 Å². The lowest BCUT2D eigenvalue weighted by Crippen LogP contribution is -2.48. The van der Waals surface area contributed by atoms with E-state index >= 15 is 0 Å². The number of carbonyl (C=O) groups excluding carboxylic acids is 1. The summed E-state index contributed by atoms with van der Waals surface area (Å²) in [6.45, 7) is 10.6. The van der Waals surface area contributed by atoms with E-state index in [-0.39, 0.29) is 11.7 Å². The van der Waals surface area contributed by atoms with Gasteiger partial charge in [-0.3, -0.25) is 9.69 Å². The molecule has 0 aliphatic carbocycles. The minimum absolute atomic E-state index is 0.0893. The van der Waals surface area contributed by atoms with Crippen LogP contribution in [0.2, 0.25) is 0 Å². The van der Waals surface area contributed by atoms with E-state index in [1.807, 2.05) is 18.2 Å². The number of rotatable bonds is 6. The highest BCUT2D eigenvalue weighted by Crippen LogP contribution is 2.25. The van der Waals surface area contributed by atoms with Crippen LogP contribution in [0, 0.1) is 5.82 Å². The minimum atomic E-state index is -0.289. The molecule has 1 amide bonds. The molecular weight excluding hydrogens is 393 g/mol. The first kappa shape index (κ1) is 21.6. The van der Waals surface area contributed by atoms with Gasteiger partial charge in [0.25, 0.3) is 0 Å². The van der Waals surface area contributed by atoms with Crippen molar-refractivity contribution in [2.45, 2.75) is 6.92 Å². The van der Waals surface area contributed by atoms with E-state index in [1.165, 1.54) is 11.8 Å². The van der Waals surface area contributed by atoms with E-state index in [0.29, 0.717) is 17.9 Å². The number of likely N-dealkylation sites (N-methyl/N-ethyl adjacent to an activating group) is 1. The van der Waals surface area contributed by atoms with Gasteiger partial charge in [-0.15, -0.1) is 0 Å². The molecule has 31 heavy (non-hydrogen) atoms. The summed E-state index contributed by atoms with van der Waals surface area (Å²) in [4.78, 5) is 21.3. The van der Waals surface area contributed by atoms with Crippen LogP contribution in [0.25, 0.3) is 0 Å². The summed E-state index contributed by atoms with van der Waals surface area (Å²) in [6.07, 6.45) is 0. The summed E-state index contributed by atoms with van der Waals surface area (Å²) in [5.74, 6) is -0.379. The number of carbonyl (C=O) groups is 1. The lowest BCUT2D eigenvalue weighted by molar-refractivity contribution is -0.117. The number of piperazine rings is 2. The van der Waals surface area contributed by atoms with Gasteiger partial charge < -0.3 is 20.0 Å². The molecule has 4 rings (SSSR count). The van der Waals surface area contributed by atoms with Crippen molar-refractivity contribution in [3.63, 3.8) is 0 Å². The Morgan fingerprint density at radius 2 is 1.52 bits per heavy atom. The molecule has 1 N–H and O–H groups in total. The number of para-hydroxylation sites is 1. The van der Waals surface area contributed by atoms with Gasteiger partial charge in [-0.1, -0.05) is 25.1 Å². The summed E-state index contributed by atoms with van der Waals surface area (Å²) < 4.78 is 14.8. The van der Waals surface area contributed by atoms with Crippen molar-refractivity contribution in [3.05, 3.63) is 54.3 Å². The molecule has 2 heterocycles. The lowest BCUT2D eigenvalue weighted by atomic mass is 10.2. The van der Waals surface area contributed by atoms with Gasteiger partial charge in [0.2, 0.25) is 5.91 Å². The summed E-state index contributed by atoms with van der Waals surface area (Å²) in [5, 5.41) is 2.85. The van der Waals surface area contributed by atoms with Gasteiger partial charge >= 0.3 is 0 Å². The molecule has 0 saturated carbocycles. The Kier molecular flexibility index (Phi) is 7.04. The van der Waals surface area contributed by atoms with Crippen molar-refractivity contribution >= 4 is 23.0 Å². The molecule has 7 heteroatoms. The molecule has 0 unspecified atom stereocenters. The van der Waals surface area contributed by atoms with Gasteiger partial charge in [-0.25, -0.2) is 4.39 Å². The number of anilines is 3. The van der Waals surface area contributed by atoms with Crippen molar-refractivity contribution < 1.29 is 9.18 Å². The Labute approximate surface area is 184 Å². The summed E-state index contributed by atoms with van der Waals surface area (Å²) in [7, 11) is 0. The zero-order valence-corrected chi connectivity index (χ0v) is 18.3. The van der Waals surface area contributed by atoms with Crippen molar-refractivity contribution in [1.82, 2.24) is 9.80 Å². The third-order valence-electron chi connectivity index (χ3n) is 6.25. The molecule has 2 fully saturated rings. The Balaban J connectivity index is 1.29. The molecule has 0 atom stereocenters. The number of hydrogen-bond donors (Lipinski definition) is 1. The third kappa shape index (κ3) is 5.54. The maximum Gasteiger partial charge on any atom is 0.238 e. The second kappa shape index (κ2) is 10.1. The van der Waals surface area contributed by atoms with E-state index < -0.39 is 0 Å². The number of amides is 1. The van der Waals surface area contributed by atoms with E-state index in [1.54, 1.807) is 12.1 Å². The Morgan fingerprint density at radius 3 is 2.16 bits per heavy atom. The molecule has 2 aromatic carbocycles. The van der Waals surface area contributed by atoms with Crippen LogP contribution in [-0.2, 0) is 4.79 Å². The first-order chi connectivity index (χ1) is 15.1. The quantitative estimate of drug-likeness (QED) is 0.771. The van der Waals surface area contributed by atoms with Crippen molar-refractivity contribution in [1.29, 1.82) is 0 Å². The van der Waals surface area contributed by atoms with Crippen LogP contribution in [0.15, 0.2) is 48.5 Å². The minimum Gasteiger partial charge on any atom is -0.368 e. The number of benzene rings is 2. The Morgan fingerprint density at radius 1 is 0.871 bits per heavy atom. The Bertz CT molecular complexity index is 862. The molecule has 2 aromatic rings. The largest absolute Gasteiger partial charge is 0.368 e. The number of nitrogens with one attached hydrogen (secondary N) is 1. The molecule has 2 aliphatic rings. The predicted octanol–water partition coefficient (Wildman–Crippen LogP) is 2.73. The monoisotopic (exact) mass is 425 g/mol. The van der Waals surface area contributed by atoms with Crippen molar-refractivity contribution in [2.75, 3.05) is 80.6 Å².